The van der Waals surface area contributed by atoms with Crippen LogP contribution in [0.3, 0.4) is 0 Å². The van der Waals surface area contributed by atoms with Crippen LogP contribution in [0.25, 0.3) is 0 Å². The van der Waals surface area contributed by atoms with Crippen molar-refractivity contribution in [2.24, 2.45) is 0 Å². The van der Waals surface area contributed by atoms with Crippen molar-refractivity contribution in [3.63, 3.8) is 0 Å². The molecule has 0 aromatic rings. The predicted molar refractivity (Wildman–Crippen MR) is 35.1 cm³/mol. The summed E-state index contributed by atoms with van der Waals surface area (Å²) in [5, 5.41) is 0. The average molecular weight is 307 g/mol. The van der Waals surface area contributed by atoms with E-state index in [4.69, 9.17) is 13.3 Å². The first kappa shape index (κ1) is 76.5. The Balaban J connectivity index is -0.00000000286. The monoisotopic (exact) mass is 306 g/mol. The van der Waals surface area contributed by atoms with Gasteiger partial charge in [-0.1, -0.05) is 0 Å². The van der Waals surface area contributed by atoms with Gasteiger partial charge in [0.05, 0.1) is 0 Å². The smallest absolute Gasteiger partial charge is 0.780 e. The first-order valence-corrected chi connectivity index (χ1v) is 3.00. The Hall–Kier alpha value is 2.58. The summed E-state index contributed by atoms with van der Waals surface area (Å²) < 4.78 is 26.7. The van der Waals surface area contributed by atoms with Gasteiger partial charge in [-0.2, -0.15) is 0 Å². The van der Waals surface area contributed by atoms with Gasteiger partial charge < -0.3 is 36.5 Å². The Morgan fingerprint density at radius 1 is 0.846 bits per heavy atom. The Morgan fingerprint density at radius 3 is 0.846 bits per heavy atom. The first-order chi connectivity index (χ1) is 2.00. The maximum Gasteiger partial charge on any atom is 1.00 e. The van der Waals surface area contributed by atoms with Crippen LogP contribution >= 0.6 is 0 Å². The van der Waals surface area contributed by atoms with Gasteiger partial charge in [-0.25, -0.2) is 0 Å². The number of hydrogen-bond donors (Lipinski definition) is 0. The second kappa shape index (κ2) is 36.5. The van der Waals surface area contributed by atoms with Crippen molar-refractivity contribution in [3.8, 4) is 0 Å². The molecular formula is H10Na2NiO8S2. The molecule has 0 aromatic heterocycles. The van der Waals surface area contributed by atoms with Crippen LogP contribution in [0.2, 0.25) is 0 Å². The van der Waals surface area contributed by atoms with E-state index < -0.39 is 9.05 Å². The van der Waals surface area contributed by atoms with Gasteiger partial charge in [-0.05, 0) is 11.2 Å². The zero-order chi connectivity index (χ0) is 4.50. The largest absolute Gasteiger partial charge is 1.00 e. The summed E-state index contributed by atoms with van der Waals surface area (Å²) in [7, 11) is -4.33. The van der Waals surface area contributed by atoms with Crippen LogP contribution in [0.5, 0.6) is 0 Å². The molecule has 0 unspecified atom stereocenters. The van der Waals surface area contributed by atoms with E-state index in [1.165, 1.54) is 0 Å². The molecule has 0 atom stereocenters. The Bertz CT molecular complexity index is 103. The van der Waals surface area contributed by atoms with Gasteiger partial charge in [0.25, 0.3) is 0 Å². The van der Waals surface area contributed by atoms with Crippen molar-refractivity contribution in [2.45, 2.75) is 0 Å². The molecule has 0 spiro atoms. The van der Waals surface area contributed by atoms with Crippen molar-refractivity contribution in [1.82, 2.24) is 0 Å². The van der Waals surface area contributed by atoms with E-state index in [0.29, 0.717) is 0 Å². The van der Waals surface area contributed by atoms with Crippen LogP contribution in [0.4, 0.5) is 0 Å². The second-order valence-electron chi connectivity index (χ2n) is 0.408. The van der Waals surface area contributed by atoms with Crippen LogP contribution in [-0.2, 0) is 36.7 Å². The van der Waals surface area contributed by atoms with Crippen LogP contribution < -0.4 is 59.1 Å². The average Bonchev–Trinajstić information content (AvgIpc) is 0.722. The Labute approximate surface area is 135 Å². The van der Waals surface area contributed by atoms with E-state index in [1.54, 1.807) is 0 Å². The van der Waals surface area contributed by atoms with Crippen molar-refractivity contribution >= 4 is 20.2 Å². The van der Waals surface area contributed by atoms with Gasteiger partial charge in [0.15, 0.2) is 0 Å². The Morgan fingerprint density at radius 2 is 0.846 bits per heavy atom. The molecule has 13 heavy (non-hydrogen) atoms. The van der Waals surface area contributed by atoms with E-state index in [2.05, 4.69) is 11.2 Å². The van der Waals surface area contributed by atoms with Gasteiger partial charge in [0.2, 0.25) is 0 Å². The molecule has 0 aliphatic carbocycles. The summed E-state index contributed by atoms with van der Waals surface area (Å²) in [6.45, 7) is 0. The molecule has 0 saturated carbocycles. The number of rotatable bonds is 0. The van der Waals surface area contributed by atoms with Crippen molar-refractivity contribution < 1.29 is 116 Å². The fourth-order valence-electron chi connectivity index (χ4n) is 0. The summed E-state index contributed by atoms with van der Waals surface area (Å²) in [4.78, 5) is 0. The molecule has 0 amide bonds. The maximum atomic E-state index is 8.89. The molecule has 0 bridgehead atoms. The zero-order valence-electron chi connectivity index (χ0n) is 6.86. The predicted octanol–water partition coefficient (Wildman–Crippen LogP) is -11.1. The molecular weight excluding hydrogens is 297 g/mol. The molecule has 0 rings (SSSR count). The molecule has 8 nitrogen and oxygen atoms in total. The molecule has 82 valence electrons. The van der Waals surface area contributed by atoms with E-state index in [-0.39, 0.29) is 103 Å². The van der Waals surface area contributed by atoms with Crippen LogP contribution in [0.15, 0.2) is 0 Å². The molecule has 0 aliphatic heterocycles. The Kier molecular flexibility index (Phi) is 215. The fraction of sp³-hybridized carbons (Fsp3) is 0. The quantitative estimate of drug-likeness (QED) is 0.397. The minimum absolute atomic E-state index is 0. The van der Waals surface area contributed by atoms with E-state index >= 15 is 0 Å². The van der Waals surface area contributed by atoms with Crippen LogP contribution in [-0.4, -0.2) is 40.7 Å². The zero-order valence-corrected chi connectivity index (χ0v) is 13.5. The van der Waals surface area contributed by atoms with Gasteiger partial charge in [0.1, 0.15) is 0 Å². The number of hydrogen-bond acceptors (Lipinski definition) is 4. The molecule has 10 N–H and O–H groups in total. The summed E-state index contributed by atoms with van der Waals surface area (Å²) in [5.41, 5.74) is 0. The first-order valence-electron chi connectivity index (χ1n) is 0.667. The normalized spacial score (nSPS) is 4.46. The van der Waals surface area contributed by atoms with Gasteiger partial charge in [-0.15, -0.1) is 9.05 Å². The summed E-state index contributed by atoms with van der Waals surface area (Å²) in [5.74, 6) is 0. The van der Waals surface area contributed by atoms with Crippen LogP contribution in [0, 0.1) is 0 Å². The third-order valence-corrected chi connectivity index (χ3v) is 0. The van der Waals surface area contributed by atoms with E-state index in [1.807, 2.05) is 0 Å². The topological polar surface area (TPSA) is 221 Å². The van der Waals surface area contributed by atoms with Crippen molar-refractivity contribution in [1.29, 1.82) is 0 Å². The third-order valence-electron chi connectivity index (χ3n) is 0. The minimum atomic E-state index is -4.33. The van der Waals surface area contributed by atoms with Gasteiger partial charge in [-0.3, -0.25) is 4.21 Å². The molecule has 0 aliphatic rings. The van der Waals surface area contributed by atoms with Gasteiger partial charge >= 0.3 is 59.1 Å². The molecule has 0 radical (unpaired) electrons. The molecule has 0 heterocycles. The van der Waals surface area contributed by atoms with Gasteiger partial charge in [0, 0.05) is 16.5 Å². The van der Waals surface area contributed by atoms with E-state index in [9.17, 15) is 0 Å². The van der Waals surface area contributed by atoms with Crippen LogP contribution in [0.1, 0.15) is 0 Å². The molecule has 0 aromatic carbocycles. The summed E-state index contributed by atoms with van der Waals surface area (Å²) in [6, 6.07) is 0. The second-order valence-corrected chi connectivity index (χ2v) is 2.45. The third kappa shape index (κ3) is 346. The maximum absolute atomic E-state index is 8.89. The molecule has 0 saturated heterocycles. The fourth-order valence-corrected chi connectivity index (χ4v) is 0. The minimum Gasteiger partial charge on any atom is -0.780 e. The SMILES string of the molecule is O.O.O.O.O.O=S([O-])([O-])=S.[Na+].[Na+].[Ni]. The van der Waals surface area contributed by atoms with Crippen molar-refractivity contribution in [3.05, 3.63) is 0 Å². The molecule has 13 heteroatoms. The van der Waals surface area contributed by atoms with E-state index in [0.717, 1.165) is 0 Å². The van der Waals surface area contributed by atoms with Crippen molar-refractivity contribution in [2.75, 3.05) is 0 Å². The summed E-state index contributed by atoms with van der Waals surface area (Å²) in [6.07, 6.45) is 0. The molecule has 0 fully saturated rings. The standard InChI is InChI=1S/2Na.Ni.H2O3S2.5H2O/c;;;1-5(2,3)4;;;;;/h;;;(H2,1,2,3,4);5*1H2/q2*+1;;;;;;;/p-2. The summed E-state index contributed by atoms with van der Waals surface area (Å²) >= 11 is 3.24.